The second-order valence-corrected chi connectivity index (χ2v) is 2.84. The van der Waals surface area contributed by atoms with Crippen molar-refractivity contribution < 1.29 is 10.2 Å². The van der Waals surface area contributed by atoms with Gasteiger partial charge in [0, 0.05) is 18.2 Å². The predicted molar refractivity (Wildman–Crippen MR) is 58.4 cm³/mol. The molecule has 82 valence electrons. The second-order valence-electron chi connectivity index (χ2n) is 2.84. The van der Waals surface area contributed by atoms with Crippen LogP contribution in [-0.4, -0.2) is 21.8 Å². The maximum absolute atomic E-state index is 9.15. The Kier molecular flexibility index (Phi) is 3.29. The third-order valence-corrected chi connectivity index (χ3v) is 1.56. The van der Waals surface area contributed by atoms with E-state index in [4.69, 9.17) is 26.6 Å². The van der Waals surface area contributed by atoms with E-state index in [1.807, 2.05) is 0 Å². The first kappa shape index (κ1) is 11.3. The van der Waals surface area contributed by atoms with Gasteiger partial charge in [0.05, 0.1) is 5.69 Å². The molecule has 0 atom stereocenters. The van der Waals surface area contributed by atoms with Gasteiger partial charge in [0.15, 0.2) is 5.84 Å². The molecule has 0 amide bonds. The molecule has 1 rings (SSSR count). The monoisotopic (exact) mass is 219 g/mol. The number of hydrazone groups is 1. The summed E-state index contributed by atoms with van der Waals surface area (Å²) < 4.78 is 0. The molecule has 0 saturated carbocycles. The Hall–Kier alpha value is -2.75. The van der Waals surface area contributed by atoms with E-state index in [0.717, 1.165) is 6.07 Å². The molecular weight excluding hydrogens is 210 g/mol. The van der Waals surface area contributed by atoms with E-state index in [2.05, 4.69) is 10.5 Å². The van der Waals surface area contributed by atoms with Crippen LogP contribution < -0.4 is 11.2 Å². The Morgan fingerprint density at radius 3 is 2.38 bits per heavy atom. The van der Waals surface area contributed by atoms with E-state index >= 15 is 0 Å². The molecule has 0 aliphatic rings. The van der Waals surface area contributed by atoms with Gasteiger partial charge in [0.1, 0.15) is 17.6 Å². The van der Waals surface area contributed by atoms with Gasteiger partial charge < -0.3 is 15.9 Å². The zero-order valence-corrected chi connectivity index (χ0v) is 8.10. The van der Waals surface area contributed by atoms with Crippen molar-refractivity contribution in [2.24, 2.45) is 10.8 Å². The summed E-state index contributed by atoms with van der Waals surface area (Å²) in [6, 6.07) is 5.34. The van der Waals surface area contributed by atoms with Gasteiger partial charge in [-0.25, -0.2) is 0 Å². The largest absolute Gasteiger partial charge is 0.508 e. The summed E-state index contributed by atoms with van der Waals surface area (Å²) in [4.78, 5) is 0. The van der Waals surface area contributed by atoms with Gasteiger partial charge in [-0.3, -0.25) is 10.8 Å². The van der Waals surface area contributed by atoms with Gasteiger partial charge in [0.2, 0.25) is 5.71 Å². The molecule has 0 fully saturated rings. The highest BCUT2D eigenvalue weighted by Crippen LogP contribution is 2.23. The molecule has 16 heavy (non-hydrogen) atoms. The molecule has 0 saturated heterocycles. The predicted octanol–water partition coefficient (Wildman–Crippen LogP) is 0.325. The third-order valence-electron chi connectivity index (χ3n) is 1.56. The van der Waals surface area contributed by atoms with Crippen LogP contribution in [0.1, 0.15) is 0 Å². The smallest absolute Gasteiger partial charge is 0.201 e. The van der Waals surface area contributed by atoms with Crippen molar-refractivity contribution in [2.75, 3.05) is 5.43 Å². The summed E-state index contributed by atoms with van der Waals surface area (Å²) in [7, 11) is 0. The zero-order chi connectivity index (χ0) is 12.1. The number of nitrogens with two attached hydrogens (primary N) is 1. The molecular formula is C9H9N5O2. The maximum atomic E-state index is 9.15. The lowest BCUT2D eigenvalue weighted by Crippen LogP contribution is -2.21. The van der Waals surface area contributed by atoms with Gasteiger partial charge in [-0.15, -0.1) is 0 Å². The van der Waals surface area contributed by atoms with Crippen LogP contribution in [-0.2, 0) is 0 Å². The van der Waals surface area contributed by atoms with Crippen LogP contribution >= 0.6 is 0 Å². The Bertz CT molecular complexity index is 469. The van der Waals surface area contributed by atoms with Crippen LogP contribution in [0, 0.1) is 16.7 Å². The van der Waals surface area contributed by atoms with Crippen LogP contribution in [0.15, 0.2) is 23.3 Å². The lowest BCUT2D eigenvalue weighted by atomic mass is 10.3. The number of hydrogen-bond acceptors (Lipinski definition) is 6. The van der Waals surface area contributed by atoms with Gasteiger partial charge in [-0.1, -0.05) is 0 Å². The lowest BCUT2D eigenvalue weighted by Gasteiger charge is -2.02. The van der Waals surface area contributed by atoms with Crippen molar-refractivity contribution >= 4 is 17.2 Å². The molecule has 0 spiro atoms. The summed E-state index contributed by atoms with van der Waals surface area (Å²) in [6.45, 7) is 0. The summed E-state index contributed by atoms with van der Waals surface area (Å²) in [5, 5.41) is 37.3. The number of phenols is 2. The molecule has 1 aromatic rings. The number of nitriles is 1. The summed E-state index contributed by atoms with van der Waals surface area (Å²) >= 11 is 0. The number of hydrogen-bond donors (Lipinski definition) is 5. The summed E-state index contributed by atoms with van der Waals surface area (Å²) in [5.41, 5.74) is 7.43. The standard InChI is InChI=1S/C9H9N5O2/c10-4-8(9(11)12)14-13-5-1-6(15)3-7(16)2-5/h1-3,13,15-16H,(H3,11,12)/b14-8+. The topological polar surface area (TPSA) is 139 Å². The van der Waals surface area contributed by atoms with Crippen LogP contribution in [0.4, 0.5) is 5.69 Å². The normalized spacial score (nSPS) is 10.6. The SMILES string of the molecule is N#C/C(=N\Nc1cc(O)cc(O)c1)C(=N)N. The van der Waals surface area contributed by atoms with Crippen molar-refractivity contribution in [2.45, 2.75) is 0 Å². The average molecular weight is 219 g/mol. The van der Waals surface area contributed by atoms with Crippen molar-refractivity contribution in [3.63, 3.8) is 0 Å². The number of nitrogens with zero attached hydrogens (tertiary/aromatic N) is 2. The minimum atomic E-state index is -0.473. The van der Waals surface area contributed by atoms with Crippen molar-refractivity contribution in [1.82, 2.24) is 0 Å². The molecule has 0 radical (unpaired) electrons. The van der Waals surface area contributed by atoms with E-state index in [-0.39, 0.29) is 22.9 Å². The van der Waals surface area contributed by atoms with Gasteiger partial charge in [-0.05, 0) is 0 Å². The molecule has 0 aliphatic carbocycles. The molecule has 7 nitrogen and oxygen atoms in total. The number of aromatic hydroxyl groups is 2. The Labute approximate surface area is 90.9 Å². The van der Waals surface area contributed by atoms with Crippen LogP contribution in [0.2, 0.25) is 0 Å². The second kappa shape index (κ2) is 4.65. The van der Waals surface area contributed by atoms with Crippen LogP contribution in [0.3, 0.4) is 0 Å². The third kappa shape index (κ3) is 2.88. The van der Waals surface area contributed by atoms with E-state index in [9.17, 15) is 0 Å². The summed E-state index contributed by atoms with van der Waals surface area (Å²) in [5.74, 6) is -0.780. The fourth-order valence-electron chi connectivity index (χ4n) is 0.926. The zero-order valence-electron chi connectivity index (χ0n) is 8.10. The Balaban J connectivity index is 2.90. The maximum Gasteiger partial charge on any atom is 0.201 e. The molecule has 6 N–H and O–H groups in total. The number of anilines is 1. The molecule has 0 unspecified atom stereocenters. The fraction of sp³-hybridized carbons (Fsp3) is 0. The fourth-order valence-corrected chi connectivity index (χ4v) is 0.926. The number of rotatable bonds is 3. The molecule has 0 aliphatic heterocycles. The number of amidine groups is 1. The highest BCUT2D eigenvalue weighted by atomic mass is 16.3. The number of benzene rings is 1. The van der Waals surface area contributed by atoms with Crippen LogP contribution in [0.5, 0.6) is 11.5 Å². The van der Waals surface area contributed by atoms with E-state index < -0.39 is 5.84 Å². The van der Waals surface area contributed by atoms with E-state index in [1.54, 1.807) is 6.07 Å². The number of phenolic OH excluding ortho intramolecular Hbond substituents is 2. The Morgan fingerprint density at radius 1 is 1.38 bits per heavy atom. The molecule has 0 aromatic heterocycles. The van der Waals surface area contributed by atoms with Crippen LogP contribution in [0.25, 0.3) is 0 Å². The van der Waals surface area contributed by atoms with Gasteiger partial charge >= 0.3 is 0 Å². The average Bonchev–Trinajstić information content (AvgIpc) is 2.16. The minimum absolute atomic E-state index is 0.154. The van der Waals surface area contributed by atoms with E-state index in [1.165, 1.54) is 12.1 Å². The first-order chi connectivity index (χ1) is 7.52. The van der Waals surface area contributed by atoms with E-state index in [0.29, 0.717) is 0 Å². The quantitative estimate of drug-likeness (QED) is 0.283. The van der Waals surface area contributed by atoms with Gasteiger partial charge in [-0.2, -0.15) is 10.4 Å². The van der Waals surface area contributed by atoms with Crippen molar-refractivity contribution in [1.29, 1.82) is 10.7 Å². The van der Waals surface area contributed by atoms with Crippen molar-refractivity contribution in [3.05, 3.63) is 18.2 Å². The van der Waals surface area contributed by atoms with Crippen molar-refractivity contribution in [3.8, 4) is 17.6 Å². The molecule has 0 heterocycles. The molecule has 0 bridgehead atoms. The molecule has 7 heteroatoms. The highest BCUT2D eigenvalue weighted by molar-refractivity contribution is 6.45. The first-order valence-corrected chi connectivity index (χ1v) is 4.14. The lowest BCUT2D eigenvalue weighted by molar-refractivity contribution is 0.451. The van der Waals surface area contributed by atoms with Gasteiger partial charge in [0.25, 0.3) is 0 Å². The first-order valence-electron chi connectivity index (χ1n) is 4.14. The highest BCUT2D eigenvalue weighted by Gasteiger charge is 2.02. The minimum Gasteiger partial charge on any atom is -0.508 e. The number of nitrogens with one attached hydrogen (secondary N) is 2. The summed E-state index contributed by atoms with van der Waals surface area (Å²) in [6.07, 6.45) is 0. The Morgan fingerprint density at radius 2 is 1.94 bits per heavy atom. The molecule has 1 aromatic carbocycles.